The highest BCUT2D eigenvalue weighted by atomic mass is 16.5. The highest BCUT2D eigenvalue weighted by Crippen LogP contribution is 2.30. The van der Waals surface area contributed by atoms with Gasteiger partial charge in [-0.05, 0) is 65.5 Å². The van der Waals surface area contributed by atoms with E-state index in [2.05, 4.69) is 37.9 Å². The van der Waals surface area contributed by atoms with Crippen molar-refractivity contribution in [3.05, 3.63) is 0 Å². The zero-order valence-electron chi connectivity index (χ0n) is 14.8. The summed E-state index contributed by atoms with van der Waals surface area (Å²) in [6, 6.07) is 0.253. The van der Waals surface area contributed by atoms with Crippen LogP contribution in [0.1, 0.15) is 60.8 Å². The van der Waals surface area contributed by atoms with Gasteiger partial charge in [0.2, 0.25) is 0 Å². The maximum absolute atomic E-state index is 12.4. The van der Waals surface area contributed by atoms with Crippen molar-refractivity contribution in [1.29, 1.82) is 0 Å². The molecule has 1 aliphatic heterocycles. The minimum Gasteiger partial charge on any atom is -0.465 e. The van der Waals surface area contributed by atoms with E-state index in [1.54, 1.807) is 0 Å². The third-order valence-electron chi connectivity index (χ3n) is 4.31. The second-order valence-electron chi connectivity index (χ2n) is 7.65. The van der Waals surface area contributed by atoms with Crippen molar-refractivity contribution < 1.29 is 9.53 Å². The fourth-order valence-electron chi connectivity index (χ4n) is 3.18. The summed E-state index contributed by atoms with van der Waals surface area (Å²) in [5.74, 6) is -0.137. The van der Waals surface area contributed by atoms with Crippen molar-refractivity contribution in [1.82, 2.24) is 10.2 Å². The maximum atomic E-state index is 12.4. The quantitative estimate of drug-likeness (QED) is 0.766. The predicted octanol–water partition coefficient (Wildman–Crippen LogP) is 2.82. The summed E-state index contributed by atoms with van der Waals surface area (Å²) < 4.78 is 5.29. The molecule has 1 unspecified atom stereocenters. The number of esters is 1. The maximum Gasteiger partial charge on any atom is 0.327 e. The SMILES string of the molecule is CCOC(=O)C(C)(CN1CCCC(C)(C)CC1)NC(C)C. The lowest BCUT2D eigenvalue weighted by Gasteiger charge is -2.35. The Bertz CT molecular complexity index is 342. The van der Waals surface area contributed by atoms with E-state index in [1.165, 1.54) is 19.3 Å². The Morgan fingerprint density at radius 2 is 2.00 bits per heavy atom. The summed E-state index contributed by atoms with van der Waals surface area (Å²) in [7, 11) is 0. The molecule has 21 heavy (non-hydrogen) atoms. The van der Waals surface area contributed by atoms with E-state index in [1.807, 2.05) is 13.8 Å². The van der Waals surface area contributed by atoms with Gasteiger partial charge in [-0.3, -0.25) is 10.1 Å². The number of carbonyl (C=O) groups excluding carboxylic acids is 1. The van der Waals surface area contributed by atoms with Gasteiger partial charge in [-0.25, -0.2) is 0 Å². The van der Waals surface area contributed by atoms with Gasteiger partial charge >= 0.3 is 5.97 Å². The lowest BCUT2D eigenvalue weighted by molar-refractivity contribution is -0.151. The zero-order chi connectivity index (χ0) is 16.1. The number of likely N-dealkylation sites (tertiary alicyclic amines) is 1. The molecule has 1 fully saturated rings. The van der Waals surface area contributed by atoms with Crippen LogP contribution >= 0.6 is 0 Å². The molecule has 4 nitrogen and oxygen atoms in total. The van der Waals surface area contributed by atoms with Crippen LogP contribution in [0.15, 0.2) is 0 Å². The summed E-state index contributed by atoms with van der Waals surface area (Å²) in [6.45, 7) is 15.9. The Morgan fingerprint density at radius 3 is 2.57 bits per heavy atom. The van der Waals surface area contributed by atoms with Gasteiger partial charge in [-0.15, -0.1) is 0 Å². The first kappa shape index (κ1) is 18.4. The first-order valence-corrected chi connectivity index (χ1v) is 8.36. The highest BCUT2D eigenvalue weighted by molar-refractivity contribution is 5.80. The van der Waals surface area contributed by atoms with Crippen LogP contribution in [0.4, 0.5) is 0 Å². The smallest absolute Gasteiger partial charge is 0.327 e. The minimum absolute atomic E-state index is 0.137. The second kappa shape index (κ2) is 7.59. The van der Waals surface area contributed by atoms with Gasteiger partial charge in [-0.1, -0.05) is 13.8 Å². The molecule has 0 saturated carbocycles. The van der Waals surface area contributed by atoms with Crippen molar-refractivity contribution in [3.8, 4) is 0 Å². The molecule has 0 spiro atoms. The molecular formula is C17H34N2O2. The zero-order valence-corrected chi connectivity index (χ0v) is 14.8. The Balaban J connectivity index is 2.74. The highest BCUT2D eigenvalue weighted by Gasteiger charge is 2.37. The standard InChI is InChI=1S/C17H34N2O2/c1-7-21-15(20)17(6,18-14(2)3)13-19-11-8-9-16(4,5)10-12-19/h14,18H,7-13H2,1-6H3. The molecule has 0 bridgehead atoms. The van der Waals surface area contributed by atoms with Crippen LogP contribution in [-0.4, -0.2) is 48.7 Å². The Morgan fingerprint density at radius 1 is 1.33 bits per heavy atom. The summed E-state index contributed by atoms with van der Waals surface area (Å²) in [6.07, 6.45) is 3.65. The molecule has 1 heterocycles. The summed E-state index contributed by atoms with van der Waals surface area (Å²) in [4.78, 5) is 14.8. The number of nitrogens with zero attached hydrogens (tertiary/aromatic N) is 1. The molecule has 1 saturated heterocycles. The van der Waals surface area contributed by atoms with Crippen LogP contribution in [0.5, 0.6) is 0 Å². The molecule has 1 atom stereocenters. The third-order valence-corrected chi connectivity index (χ3v) is 4.31. The first-order chi connectivity index (χ1) is 9.68. The average molecular weight is 298 g/mol. The van der Waals surface area contributed by atoms with E-state index in [-0.39, 0.29) is 12.0 Å². The van der Waals surface area contributed by atoms with Gasteiger partial charge in [0.1, 0.15) is 5.54 Å². The number of carbonyl (C=O) groups is 1. The third kappa shape index (κ3) is 5.95. The molecule has 1 N–H and O–H groups in total. The largest absolute Gasteiger partial charge is 0.465 e. The number of hydrogen-bond acceptors (Lipinski definition) is 4. The van der Waals surface area contributed by atoms with Gasteiger partial charge in [0.05, 0.1) is 6.61 Å². The topological polar surface area (TPSA) is 41.6 Å². The molecule has 0 aromatic rings. The van der Waals surface area contributed by atoms with Crippen LogP contribution in [0, 0.1) is 5.41 Å². The Kier molecular flexibility index (Phi) is 6.67. The lowest BCUT2D eigenvalue weighted by Crippen LogP contribution is -2.59. The monoisotopic (exact) mass is 298 g/mol. The van der Waals surface area contributed by atoms with Crippen molar-refractivity contribution in [2.24, 2.45) is 5.41 Å². The van der Waals surface area contributed by atoms with Crippen LogP contribution in [0.3, 0.4) is 0 Å². The Labute approximate surface area is 130 Å². The fourth-order valence-corrected chi connectivity index (χ4v) is 3.18. The molecule has 0 radical (unpaired) electrons. The minimum atomic E-state index is -0.626. The summed E-state index contributed by atoms with van der Waals surface area (Å²) in [5.41, 5.74) is -0.209. The van der Waals surface area contributed by atoms with Crippen LogP contribution in [0.2, 0.25) is 0 Å². The van der Waals surface area contributed by atoms with Gasteiger partial charge in [0, 0.05) is 12.6 Å². The van der Waals surface area contributed by atoms with Crippen LogP contribution in [0.25, 0.3) is 0 Å². The molecule has 124 valence electrons. The number of ether oxygens (including phenoxy) is 1. The molecule has 0 amide bonds. The number of rotatable bonds is 6. The number of hydrogen-bond donors (Lipinski definition) is 1. The van der Waals surface area contributed by atoms with Gasteiger partial charge in [0.25, 0.3) is 0 Å². The molecule has 0 aromatic heterocycles. The van der Waals surface area contributed by atoms with E-state index < -0.39 is 5.54 Å². The van der Waals surface area contributed by atoms with Crippen molar-refractivity contribution >= 4 is 5.97 Å². The predicted molar refractivity (Wildman–Crippen MR) is 87.4 cm³/mol. The van der Waals surface area contributed by atoms with Gasteiger partial charge in [0.15, 0.2) is 0 Å². The average Bonchev–Trinajstić information content (AvgIpc) is 2.50. The molecule has 1 aliphatic rings. The van der Waals surface area contributed by atoms with Crippen LogP contribution in [-0.2, 0) is 9.53 Å². The van der Waals surface area contributed by atoms with Crippen molar-refractivity contribution in [2.45, 2.75) is 72.4 Å². The van der Waals surface area contributed by atoms with Gasteiger partial charge in [-0.2, -0.15) is 0 Å². The van der Waals surface area contributed by atoms with Crippen LogP contribution < -0.4 is 5.32 Å². The molecule has 0 aromatic carbocycles. The molecule has 0 aliphatic carbocycles. The normalized spacial score (nSPS) is 22.6. The van der Waals surface area contributed by atoms with E-state index in [4.69, 9.17) is 4.74 Å². The van der Waals surface area contributed by atoms with Crippen molar-refractivity contribution in [3.63, 3.8) is 0 Å². The number of nitrogens with one attached hydrogen (secondary N) is 1. The fraction of sp³-hybridized carbons (Fsp3) is 0.941. The molecule has 4 heteroatoms. The summed E-state index contributed by atoms with van der Waals surface area (Å²) in [5, 5.41) is 3.41. The van der Waals surface area contributed by atoms with Gasteiger partial charge < -0.3 is 9.64 Å². The molecule has 1 rings (SSSR count). The lowest BCUT2D eigenvalue weighted by atomic mass is 9.85. The van der Waals surface area contributed by atoms with E-state index in [0.29, 0.717) is 12.0 Å². The van der Waals surface area contributed by atoms with E-state index in [9.17, 15) is 4.79 Å². The first-order valence-electron chi connectivity index (χ1n) is 8.36. The Hall–Kier alpha value is -0.610. The molecular weight excluding hydrogens is 264 g/mol. The van der Waals surface area contributed by atoms with E-state index >= 15 is 0 Å². The van der Waals surface area contributed by atoms with E-state index in [0.717, 1.165) is 19.6 Å². The summed E-state index contributed by atoms with van der Waals surface area (Å²) >= 11 is 0. The second-order valence-corrected chi connectivity index (χ2v) is 7.65. The van der Waals surface area contributed by atoms with Crippen molar-refractivity contribution in [2.75, 3.05) is 26.2 Å².